The Morgan fingerprint density at radius 3 is 2.42 bits per heavy atom. The number of nitrogens with zero attached hydrogens (tertiary/aromatic N) is 1. The molecule has 6 heteroatoms. The molecule has 1 aliphatic heterocycles. The van der Waals surface area contributed by atoms with Crippen LogP contribution in [0.1, 0.15) is 26.7 Å². The Balaban J connectivity index is 1.54. The van der Waals surface area contributed by atoms with Gasteiger partial charge in [-0.1, -0.05) is 0 Å². The molecular weight excluding hydrogens is 330 g/mol. The Morgan fingerprint density at radius 1 is 1.12 bits per heavy atom. The van der Waals surface area contributed by atoms with Crippen molar-refractivity contribution in [2.75, 3.05) is 23.8 Å². The summed E-state index contributed by atoms with van der Waals surface area (Å²) in [5.74, 6) is 1.61. The van der Waals surface area contributed by atoms with E-state index in [0.717, 1.165) is 24.3 Å². The van der Waals surface area contributed by atoms with Crippen molar-refractivity contribution >= 4 is 23.1 Å². The molecule has 2 aromatic rings. The molecule has 26 heavy (non-hydrogen) atoms. The van der Waals surface area contributed by atoms with Crippen LogP contribution in [-0.2, 0) is 9.53 Å². The number of ether oxygens (including phenoxy) is 2. The second-order valence-electron chi connectivity index (χ2n) is 6.62. The number of carbonyl (C=O) groups excluding carboxylic acids is 1. The van der Waals surface area contributed by atoms with Gasteiger partial charge in [0.25, 0.3) is 0 Å². The largest absolute Gasteiger partial charge is 0.491 e. The molecule has 0 spiro atoms. The lowest BCUT2D eigenvalue weighted by atomic mass is 9.99. The van der Waals surface area contributed by atoms with E-state index in [2.05, 4.69) is 15.6 Å². The first-order valence-corrected chi connectivity index (χ1v) is 8.98. The van der Waals surface area contributed by atoms with Crippen LogP contribution < -0.4 is 15.4 Å². The second kappa shape index (κ2) is 8.67. The number of hydrogen-bond acceptors (Lipinski definition) is 5. The number of pyridine rings is 1. The maximum atomic E-state index is 12.2. The summed E-state index contributed by atoms with van der Waals surface area (Å²) in [7, 11) is 0. The average molecular weight is 355 g/mol. The first-order valence-electron chi connectivity index (χ1n) is 8.98. The smallest absolute Gasteiger partial charge is 0.227 e. The third kappa shape index (κ3) is 5.20. The molecule has 0 aliphatic carbocycles. The minimum atomic E-state index is 0.0214. The van der Waals surface area contributed by atoms with Crippen LogP contribution >= 0.6 is 0 Å². The summed E-state index contributed by atoms with van der Waals surface area (Å²) in [5.41, 5.74) is 1.63. The zero-order chi connectivity index (χ0) is 18.4. The SMILES string of the molecule is CC(C)Oc1ccc(Nc2ccc(NC(=O)C3CCOCC3)cn2)cc1. The van der Waals surface area contributed by atoms with Crippen LogP contribution in [0.2, 0.25) is 0 Å². The van der Waals surface area contributed by atoms with Crippen molar-refractivity contribution in [1.29, 1.82) is 0 Å². The van der Waals surface area contributed by atoms with Crippen LogP contribution in [0, 0.1) is 5.92 Å². The summed E-state index contributed by atoms with van der Waals surface area (Å²) in [5, 5.41) is 6.16. The minimum absolute atomic E-state index is 0.0214. The Kier molecular flexibility index (Phi) is 6.07. The van der Waals surface area contributed by atoms with Gasteiger partial charge in [0, 0.05) is 24.8 Å². The van der Waals surface area contributed by atoms with Gasteiger partial charge in [0.2, 0.25) is 5.91 Å². The number of hydrogen-bond donors (Lipinski definition) is 2. The van der Waals surface area contributed by atoms with E-state index in [4.69, 9.17) is 9.47 Å². The van der Waals surface area contributed by atoms with Gasteiger partial charge in [-0.25, -0.2) is 4.98 Å². The number of anilines is 3. The highest BCUT2D eigenvalue weighted by Crippen LogP contribution is 2.21. The topological polar surface area (TPSA) is 72.5 Å². The minimum Gasteiger partial charge on any atom is -0.491 e. The lowest BCUT2D eigenvalue weighted by Gasteiger charge is -2.21. The van der Waals surface area contributed by atoms with E-state index < -0.39 is 0 Å². The van der Waals surface area contributed by atoms with E-state index >= 15 is 0 Å². The molecule has 1 amide bonds. The molecule has 138 valence electrons. The third-order valence-electron chi connectivity index (χ3n) is 4.12. The first kappa shape index (κ1) is 18.2. The van der Waals surface area contributed by atoms with E-state index in [9.17, 15) is 4.79 Å². The zero-order valence-electron chi connectivity index (χ0n) is 15.2. The molecule has 3 rings (SSSR count). The molecule has 1 saturated heterocycles. The Labute approximate surface area is 153 Å². The number of amides is 1. The van der Waals surface area contributed by atoms with Crippen molar-refractivity contribution in [2.24, 2.45) is 5.92 Å². The number of rotatable bonds is 6. The van der Waals surface area contributed by atoms with Crippen molar-refractivity contribution in [3.8, 4) is 5.75 Å². The second-order valence-corrected chi connectivity index (χ2v) is 6.62. The first-order chi connectivity index (χ1) is 12.6. The van der Waals surface area contributed by atoms with E-state index in [-0.39, 0.29) is 17.9 Å². The van der Waals surface area contributed by atoms with Gasteiger partial charge in [0.15, 0.2) is 0 Å². The maximum Gasteiger partial charge on any atom is 0.227 e. The van der Waals surface area contributed by atoms with Gasteiger partial charge in [-0.2, -0.15) is 0 Å². The van der Waals surface area contributed by atoms with Crippen molar-refractivity contribution in [3.05, 3.63) is 42.6 Å². The standard InChI is InChI=1S/C20H25N3O3/c1-14(2)26-18-6-3-16(4-7-18)22-19-8-5-17(13-21-19)23-20(24)15-9-11-25-12-10-15/h3-8,13-15H,9-12H2,1-2H3,(H,21,22)(H,23,24). The molecular formula is C20H25N3O3. The Bertz CT molecular complexity index is 708. The molecule has 0 saturated carbocycles. The highest BCUT2D eigenvalue weighted by atomic mass is 16.5. The van der Waals surface area contributed by atoms with Crippen LogP contribution in [0.15, 0.2) is 42.6 Å². The van der Waals surface area contributed by atoms with E-state index in [1.165, 1.54) is 0 Å². The van der Waals surface area contributed by atoms with Crippen LogP contribution in [0.3, 0.4) is 0 Å². The molecule has 1 aliphatic rings. The van der Waals surface area contributed by atoms with Crippen molar-refractivity contribution in [1.82, 2.24) is 4.98 Å². The predicted octanol–water partition coefficient (Wildman–Crippen LogP) is 3.98. The lowest BCUT2D eigenvalue weighted by molar-refractivity contribution is -0.122. The monoisotopic (exact) mass is 355 g/mol. The van der Waals surface area contributed by atoms with Crippen LogP contribution in [-0.4, -0.2) is 30.2 Å². The average Bonchev–Trinajstić information content (AvgIpc) is 2.65. The molecule has 2 N–H and O–H groups in total. The summed E-state index contributed by atoms with van der Waals surface area (Å²) < 4.78 is 10.9. The summed E-state index contributed by atoms with van der Waals surface area (Å²) in [6, 6.07) is 11.4. The Hall–Kier alpha value is -2.60. The lowest BCUT2D eigenvalue weighted by Crippen LogP contribution is -2.28. The van der Waals surface area contributed by atoms with E-state index in [1.807, 2.05) is 50.2 Å². The summed E-state index contributed by atoms with van der Waals surface area (Å²) >= 11 is 0. The highest BCUT2D eigenvalue weighted by molar-refractivity contribution is 5.92. The third-order valence-corrected chi connectivity index (χ3v) is 4.12. The normalized spacial score (nSPS) is 14.9. The van der Waals surface area contributed by atoms with Crippen LogP contribution in [0.4, 0.5) is 17.2 Å². The highest BCUT2D eigenvalue weighted by Gasteiger charge is 2.21. The molecule has 6 nitrogen and oxygen atoms in total. The van der Waals surface area contributed by atoms with Crippen molar-refractivity contribution in [2.45, 2.75) is 32.8 Å². The number of aromatic nitrogens is 1. The fraction of sp³-hybridized carbons (Fsp3) is 0.400. The van der Waals surface area contributed by atoms with Gasteiger partial charge in [-0.3, -0.25) is 4.79 Å². The molecule has 0 unspecified atom stereocenters. The van der Waals surface area contributed by atoms with Crippen LogP contribution in [0.5, 0.6) is 5.75 Å². The molecule has 1 aromatic heterocycles. The van der Waals surface area contributed by atoms with E-state index in [0.29, 0.717) is 24.7 Å². The molecule has 2 heterocycles. The van der Waals surface area contributed by atoms with E-state index in [1.54, 1.807) is 6.20 Å². The molecule has 1 fully saturated rings. The van der Waals surface area contributed by atoms with Crippen LogP contribution in [0.25, 0.3) is 0 Å². The number of benzene rings is 1. The number of nitrogens with one attached hydrogen (secondary N) is 2. The van der Waals surface area contributed by atoms with Crippen molar-refractivity contribution < 1.29 is 14.3 Å². The van der Waals surface area contributed by atoms with Gasteiger partial charge in [-0.05, 0) is 63.1 Å². The summed E-state index contributed by atoms with van der Waals surface area (Å²) in [4.78, 5) is 16.6. The van der Waals surface area contributed by atoms with Gasteiger partial charge in [0.05, 0.1) is 18.0 Å². The van der Waals surface area contributed by atoms with Gasteiger partial charge < -0.3 is 20.1 Å². The predicted molar refractivity (Wildman–Crippen MR) is 102 cm³/mol. The molecule has 0 atom stereocenters. The fourth-order valence-corrected chi connectivity index (χ4v) is 2.78. The van der Waals surface area contributed by atoms with Gasteiger partial charge >= 0.3 is 0 Å². The molecule has 0 bridgehead atoms. The molecule has 1 aromatic carbocycles. The summed E-state index contributed by atoms with van der Waals surface area (Å²) in [6.45, 7) is 5.30. The summed E-state index contributed by atoms with van der Waals surface area (Å²) in [6.07, 6.45) is 3.36. The Morgan fingerprint density at radius 2 is 1.81 bits per heavy atom. The molecule has 0 radical (unpaired) electrons. The van der Waals surface area contributed by atoms with Gasteiger partial charge in [-0.15, -0.1) is 0 Å². The van der Waals surface area contributed by atoms with Gasteiger partial charge in [0.1, 0.15) is 11.6 Å². The fourth-order valence-electron chi connectivity index (χ4n) is 2.78. The quantitative estimate of drug-likeness (QED) is 0.820. The van der Waals surface area contributed by atoms with Crippen molar-refractivity contribution in [3.63, 3.8) is 0 Å². The number of carbonyl (C=O) groups is 1. The maximum absolute atomic E-state index is 12.2. The zero-order valence-corrected chi connectivity index (χ0v) is 15.2.